The van der Waals surface area contributed by atoms with Crippen LogP contribution in [0.4, 0.5) is 0 Å². The molecule has 6 rings (SSSR count). The Kier molecular flexibility index (Phi) is 18.4. The van der Waals surface area contributed by atoms with Gasteiger partial charge in [0.05, 0.1) is 50.0 Å². The van der Waals surface area contributed by atoms with Crippen LogP contribution >= 0.6 is 0 Å². The van der Waals surface area contributed by atoms with Gasteiger partial charge in [0.15, 0.2) is 0 Å². The van der Waals surface area contributed by atoms with Crippen molar-refractivity contribution in [2.75, 3.05) is 26.4 Å². The Morgan fingerprint density at radius 2 is 0.924 bits per heavy atom. The van der Waals surface area contributed by atoms with Crippen molar-refractivity contribution in [3.05, 3.63) is 169 Å². The first-order chi connectivity index (χ1) is 32.3. The van der Waals surface area contributed by atoms with E-state index in [4.69, 9.17) is 28.4 Å². The van der Waals surface area contributed by atoms with Gasteiger partial charge in [0.25, 0.3) is 0 Å². The van der Waals surface area contributed by atoms with Gasteiger partial charge >= 0.3 is 23.9 Å². The van der Waals surface area contributed by atoms with E-state index in [-0.39, 0.29) is 11.5 Å². The van der Waals surface area contributed by atoms with Gasteiger partial charge in [-0.1, -0.05) is 61.7 Å². The monoisotopic (exact) mass is 888 g/mol. The third kappa shape index (κ3) is 14.6. The lowest BCUT2D eigenvalue weighted by Crippen LogP contribution is -2.11. The summed E-state index contributed by atoms with van der Waals surface area (Å²) >= 11 is 0. The van der Waals surface area contributed by atoms with Crippen molar-refractivity contribution in [1.82, 2.24) is 0 Å². The van der Waals surface area contributed by atoms with Crippen LogP contribution in [0, 0.1) is 0 Å². The molecule has 0 aliphatic heterocycles. The van der Waals surface area contributed by atoms with Crippen LogP contribution in [0.1, 0.15) is 83.2 Å². The Labute approximate surface area is 384 Å². The maximum Gasteiger partial charge on any atom is 0.343 e. The van der Waals surface area contributed by atoms with Gasteiger partial charge in [0.1, 0.15) is 23.0 Å². The van der Waals surface area contributed by atoms with Gasteiger partial charge in [-0.15, -0.1) is 0 Å². The summed E-state index contributed by atoms with van der Waals surface area (Å²) in [4.78, 5) is 49.0. The zero-order valence-electron chi connectivity index (χ0n) is 36.7. The first kappa shape index (κ1) is 47.6. The lowest BCUT2D eigenvalue weighted by atomic mass is 9.97. The average Bonchev–Trinajstić information content (AvgIpc) is 3.34. The van der Waals surface area contributed by atoms with Crippen molar-refractivity contribution >= 4 is 57.9 Å². The number of carbonyl (C=O) groups is 4. The molecule has 0 radical (unpaired) electrons. The lowest BCUT2D eigenvalue weighted by molar-refractivity contribution is -0.138. The molecule has 0 heterocycles. The summed E-state index contributed by atoms with van der Waals surface area (Å²) in [5, 5.41) is 12.9. The number of nitrogens with zero attached hydrogens (tertiary/aromatic N) is 2. The van der Waals surface area contributed by atoms with Gasteiger partial charge in [-0.25, -0.2) is 19.2 Å². The predicted octanol–water partition coefficient (Wildman–Crippen LogP) is 11.2. The highest BCUT2D eigenvalue weighted by Gasteiger charge is 2.16. The molecule has 338 valence electrons. The topological polar surface area (TPSA) is 148 Å². The van der Waals surface area contributed by atoms with E-state index in [0.29, 0.717) is 54.6 Å². The molecule has 0 N–H and O–H groups in total. The van der Waals surface area contributed by atoms with Crippen LogP contribution in [0.5, 0.6) is 23.0 Å². The molecule has 0 aliphatic carbocycles. The van der Waals surface area contributed by atoms with E-state index in [1.807, 2.05) is 36.4 Å². The predicted molar refractivity (Wildman–Crippen MR) is 256 cm³/mol. The molecular formula is C54H52N2O10. The molecule has 6 aromatic rings. The van der Waals surface area contributed by atoms with Gasteiger partial charge in [-0.2, -0.15) is 10.2 Å². The minimum absolute atomic E-state index is 0.173. The number of ether oxygens (including phenoxy) is 6. The van der Waals surface area contributed by atoms with Crippen molar-refractivity contribution < 1.29 is 47.6 Å². The third-order valence-corrected chi connectivity index (χ3v) is 10.3. The van der Waals surface area contributed by atoms with Crippen molar-refractivity contribution in [2.45, 2.75) is 51.4 Å². The van der Waals surface area contributed by atoms with Crippen molar-refractivity contribution in [3.8, 4) is 23.0 Å². The number of carbonyl (C=O) groups excluding carboxylic acids is 4. The molecule has 0 aromatic heterocycles. The maximum absolute atomic E-state index is 13.4. The smallest absolute Gasteiger partial charge is 0.343 e. The van der Waals surface area contributed by atoms with Crippen LogP contribution in [-0.2, 0) is 19.1 Å². The first-order valence-electron chi connectivity index (χ1n) is 21.9. The van der Waals surface area contributed by atoms with Gasteiger partial charge in [-0.3, -0.25) is 0 Å². The number of rotatable bonds is 25. The minimum Gasteiger partial charge on any atom is -0.494 e. The summed E-state index contributed by atoms with van der Waals surface area (Å²) in [5.74, 6) is -0.451. The van der Waals surface area contributed by atoms with Gasteiger partial charge in [0.2, 0.25) is 0 Å². The third-order valence-electron chi connectivity index (χ3n) is 10.3. The molecule has 0 aliphatic rings. The summed E-state index contributed by atoms with van der Waals surface area (Å²) in [7, 11) is 0. The fraction of sp³-hybridized carbons (Fsp3) is 0.222. The minimum atomic E-state index is -0.613. The number of unbranched alkanes of at least 4 members (excludes halogenated alkanes) is 6. The molecule has 6 aromatic carbocycles. The molecule has 0 saturated carbocycles. The largest absolute Gasteiger partial charge is 0.494 e. The Morgan fingerprint density at radius 3 is 1.44 bits per heavy atom. The Hall–Kier alpha value is -7.86. The number of fused-ring (bicyclic) bond motifs is 2. The molecule has 66 heavy (non-hydrogen) atoms. The molecule has 0 bridgehead atoms. The van der Waals surface area contributed by atoms with E-state index in [0.717, 1.165) is 90.6 Å². The van der Waals surface area contributed by atoms with E-state index in [1.165, 1.54) is 18.3 Å². The summed E-state index contributed by atoms with van der Waals surface area (Å²) in [6.45, 7) is 8.50. The molecule has 12 heteroatoms. The highest BCUT2D eigenvalue weighted by Crippen LogP contribution is 2.28. The molecule has 0 spiro atoms. The fourth-order valence-corrected chi connectivity index (χ4v) is 6.82. The zero-order valence-corrected chi connectivity index (χ0v) is 36.7. The van der Waals surface area contributed by atoms with Gasteiger partial charge in [0, 0.05) is 23.3 Å². The molecule has 0 amide bonds. The van der Waals surface area contributed by atoms with Crippen LogP contribution in [0.3, 0.4) is 0 Å². The Morgan fingerprint density at radius 1 is 0.470 bits per heavy atom. The average molecular weight is 889 g/mol. The fourth-order valence-electron chi connectivity index (χ4n) is 6.82. The van der Waals surface area contributed by atoms with Crippen molar-refractivity contribution in [3.63, 3.8) is 0 Å². The molecule has 12 nitrogen and oxygen atoms in total. The van der Waals surface area contributed by atoms with Crippen LogP contribution in [0.15, 0.2) is 157 Å². The maximum atomic E-state index is 13.4. The second-order valence-corrected chi connectivity index (χ2v) is 15.0. The second kappa shape index (κ2) is 25.4. The number of benzene rings is 6. The molecule has 0 unspecified atom stereocenters. The first-order valence-corrected chi connectivity index (χ1v) is 21.9. The Balaban J connectivity index is 1.10. The van der Waals surface area contributed by atoms with Gasteiger partial charge < -0.3 is 28.4 Å². The summed E-state index contributed by atoms with van der Waals surface area (Å²) in [6.07, 6.45) is 12.3. The van der Waals surface area contributed by atoms with Crippen molar-refractivity contribution in [2.24, 2.45) is 10.2 Å². The second-order valence-electron chi connectivity index (χ2n) is 15.0. The molecular weight excluding hydrogens is 837 g/mol. The van der Waals surface area contributed by atoms with E-state index in [9.17, 15) is 19.2 Å². The van der Waals surface area contributed by atoms with Crippen molar-refractivity contribution in [1.29, 1.82) is 0 Å². The van der Waals surface area contributed by atoms with Crippen LogP contribution in [-0.4, -0.2) is 62.7 Å². The molecule has 0 fully saturated rings. The standard InChI is InChI=1S/C54H52N2O10/c1-3-51(57)63-33-15-7-5-13-31-61-44-25-21-39(22-26-44)53(59)65-46-29-30-50(66-54(60)40-23-27-45(28-24-40)62-32-14-6-8-16-34-64-52(58)4-2)43(36-46)37-55-56-38-49-47-19-11-9-17-41(47)35-42-18-10-12-20-48(42)49/h3-4,9-12,17-30,35-38H,1-2,5-8,13-16,31-34H2/b55-37+,56-38+. The highest BCUT2D eigenvalue weighted by atomic mass is 16.5. The SMILES string of the molecule is C=CC(=O)OCCCCCCOc1ccc(C(=O)Oc2ccc(OC(=O)c3ccc(OCCCCCCOC(=O)C=C)cc3)c(/C=N/N=C/c3c4ccccc4cc4ccccc34)c2)cc1. The van der Waals surface area contributed by atoms with Gasteiger partial charge in [-0.05, 0) is 146 Å². The van der Waals surface area contributed by atoms with E-state index in [2.05, 4.69) is 41.6 Å². The number of esters is 4. The molecule has 0 atom stereocenters. The number of hydrogen-bond acceptors (Lipinski definition) is 12. The van der Waals surface area contributed by atoms with Crippen LogP contribution in [0.25, 0.3) is 21.5 Å². The highest BCUT2D eigenvalue weighted by molar-refractivity contribution is 6.13. The summed E-state index contributed by atoms with van der Waals surface area (Å²) in [6, 6.07) is 36.2. The van der Waals surface area contributed by atoms with Crippen LogP contribution in [0.2, 0.25) is 0 Å². The Bertz CT molecular complexity index is 2620. The van der Waals surface area contributed by atoms with E-state index >= 15 is 0 Å². The quantitative estimate of drug-likeness (QED) is 0.0103. The summed E-state index contributed by atoms with van der Waals surface area (Å²) < 4.78 is 33.3. The lowest BCUT2D eigenvalue weighted by Gasteiger charge is -2.11. The van der Waals surface area contributed by atoms with E-state index < -0.39 is 23.9 Å². The van der Waals surface area contributed by atoms with Crippen LogP contribution < -0.4 is 18.9 Å². The normalized spacial score (nSPS) is 11.1. The molecule has 0 saturated heterocycles. The van der Waals surface area contributed by atoms with E-state index in [1.54, 1.807) is 60.8 Å². The zero-order chi connectivity index (χ0) is 46.4. The summed E-state index contributed by atoms with van der Waals surface area (Å²) in [5.41, 5.74) is 1.86. The number of hydrogen-bond donors (Lipinski definition) is 0.